The topological polar surface area (TPSA) is 69.6 Å². The second-order valence-corrected chi connectivity index (χ2v) is 5.93. The molecule has 5 heteroatoms. The highest BCUT2D eigenvalue weighted by Gasteiger charge is 2.58. The molecule has 0 spiro atoms. The van der Waals surface area contributed by atoms with Crippen molar-refractivity contribution in [3.05, 3.63) is 5.82 Å². The van der Waals surface area contributed by atoms with E-state index in [1.54, 1.807) is 4.80 Å². The van der Waals surface area contributed by atoms with Crippen molar-refractivity contribution in [2.75, 3.05) is 0 Å². The van der Waals surface area contributed by atoms with Gasteiger partial charge in [-0.1, -0.05) is 13.8 Å². The molecule has 0 radical (unpaired) electrons. The van der Waals surface area contributed by atoms with Crippen molar-refractivity contribution in [2.45, 2.75) is 52.1 Å². The van der Waals surface area contributed by atoms with Crippen LogP contribution in [0.5, 0.6) is 0 Å². The van der Waals surface area contributed by atoms with Crippen LogP contribution in [0, 0.1) is 5.41 Å². The first-order chi connectivity index (χ1) is 6.74. The van der Waals surface area contributed by atoms with E-state index in [2.05, 4.69) is 50.0 Å². The van der Waals surface area contributed by atoms with Crippen molar-refractivity contribution in [1.29, 1.82) is 0 Å². The number of hydrogen-bond donors (Lipinski definition) is 1. The molecule has 2 N–H and O–H groups in total. The Morgan fingerprint density at radius 2 is 1.87 bits per heavy atom. The summed E-state index contributed by atoms with van der Waals surface area (Å²) in [7, 11) is 0. The maximum absolute atomic E-state index is 5.98. The number of nitrogens with two attached hydrogens (primary N) is 1. The molecule has 0 bridgehead atoms. The zero-order chi connectivity index (χ0) is 11.4. The summed E-state index contributed by atoms with van der Waals surface area (Å²) in [6, 6.07) is 0.162. The second-order valence-electron chi connectivity index (χ2n) is 5.93. The molecule has 0 aromatic carbocycles. The van der Waals surface area contributed by atoms with E-state index in [1.165, 1.54) is 0 Å². The van der Waals surface area contributed by atoms with Gasteiger partial charge in [-0.3, -0.25) is 0 Å². The van der Waals surface area contributed by atoms with Crippen LogP contribution in [-0.4, -0.2) is 26.2 Å². The van der Waals surface area contributed by atoms with E-state index < -0.39 is 0 Å². The molecule has 0 amide bonds. The Balaban J connectivity index is 2.23. The van der Waals surface area contributed by atoms with Crippen molar-refractivity contribution in [1.82, 2.24) is 20.2 Å². The van der Waals surface area contributed by atoms with Gasteiger partial charge in [0.2, 0.25) is 0 Å². The predicted octanol–water partition coefficient (Wildman–Crippen LogP) is 0.879. The van der Waals surface area contributed by atoms with E-state index in [4.69, 9.17) is 5.73 Å². The maximum atomic E-state index is 5.98. The van der Waals surface area contributed by atoms with Crippen molar-refractivity contribution < 1.29 is 0 Å². The number of aromatic nitrogens is 4. The van der Waals surface area contributed by atoms with Crippen molar-refractivity contribution in [3.8, 4) is 0 Å². The van der Waals surface area contributed by atoms with Gasteiger partial charge < -0.3 is 5.73 Å². The molecule has 1 aromatic rings. The van der Waals surface area contributed by atoms with Gasteiger partial charge in [-0.15, -0.1) is 10.2 Å². The molecule has 15 heavy (non-hydrogen) atoms. The van der Waals surface area contributed by atoms with Crippen LogP contribution in [0.3, 0.4) is 0 Å². The quantitative estimate of drug-likeness (QED) is 0.745. The molecule has 0 unspecified atom stereocenters. The lowest BCUT2D eigenvalue weighted by Crippen LogP contribution is -2.24. The summed E-state index contributed by atoms with van der Waals surface area (Å²) in [6.45, 7) is 10.4. The van der Waals surface area contributed by atoms with Gasteiger partial charge in [0.05, 0.1) is 5.54 Å². The van der Waals surface area contributed by atoms with Crippen LogP contribution < -0.4 is 5.73 Å². The van der Waals surface area contributed by atoms with Gasteiger partial charge in [-0.2, -0.15) is 4.80 Å². The first kappa shape index (κ1) is 10.5. The average Bonchev–Trinajstić information content (AvgIpc) is 2.53. The van der Waals surface area contributed by atoms with E-state index in [-0.39, 0.29) is 22.9 Å². The van der Waals surface area contributed by atoms with E-state index in [0.717, 1.165) is 5.82 Å². The van der Waals surface area contributed by atoms with Crippen LogP contribution in [0.4, 0.5) is 0 Å². The fourth-order valence-corrected chi connectivity index (χ4v) is 1.80. The van der Waals surface area contributed by atoms with Gasteiger partial charge in [-0.25, -0.2) is 0 Å². The van der Waals surface area contributed by atoms with Gasteiger partial charge in [-0.05, 0) is 31.4 Å². The molecule has 1 aliphatic carbocycles. The largest absolute Gasteiger partial charge is 0.327 e. The highest BCUT2D eigenvalue weighted by Crippen LogP contribution is 2.56. The third kappa shape index (κ3) is 1.55. The average molecular weight is 209 g/mol. The third-order valence-electron chi connectivity index (χ3n) is 3.22. The molecule has 1 fully saturated rings. The summed E-state index contributed by atoms with van der Waals surface area (Å²) in [4.78, 5) is 1.66. The first-order valence-electron chi connectivity index (χ1n) is 5.30. The van der Waals surface area contributed by atoms with Crippen molar-refractivity contribution in [3.63, 3.8) is 0 Å². The van der Waals surface area contributed by atoms with Crippen LogP contribution in [0.25, 0.3) is 0 Å². The van der Waals surface area contributed by atoms with E-state index in [0.29, 0.717) is 0 Å². The number of nitrogens with zero attached hydrogens (tertiary/aromatic N) is 4. The third-order valence-corrected chi connectivity index (χ3v) is 3.22. The van der Waals surface area contributed by atoms with Crippen LogP contribution in [0.15, 0.2) is 0 Å². The summed E-state index contributed by atoms with van der Waals surface area (Å²) >= 11 is 0. The minimum atomic E-state index is -0.117. The van der Waals surface area contributed by atoms with E-state index >= 15 is 0 Å². The van der Waals surface area contributed by atoms with Gasteiger partial charge >= 0.3 is 0 Å². The Bertz CT molecular complexity index is 373. The Morgan fingerprint density at radius 1 is 1.33 bits per heavy atom. The smallest absolute Gasteiger partial charge is 0.180 e. The zero-order valence-corrected chi connectivity index (χ0v) is 10.0. The van der Waals surface area contributed by atoms with Gasteiger partial charge in [0.25, 0.3) is 0 Å². The fraction of sp³-hybridized carbons (Fsp3) is 0.900. The summed E-state index contributed by atoms with van der Waals surface area (Å²) in [6.07, 6.45) is 0. The molecular weight excluding hydrogens is 190 g/mol. The zero-order valence-electron chi connectivity index (χ0n) is 10.0. The Kier molecular flexibility index (Phi) is 1.96. The molecule has 5 nitrogen and oxygen atoms in total. The molecule has 1 aromatic heterocycles. The SMILES string of the molecule is CC1(C)[C@@H](N)[C@@H]1c1nnn(C(C)(C)C)n1. The molecule has 0 saturated heterocycles. The highest BCUT2D eigenvalue weighted by atomic mass is 15.6. The predicted molar refractivity (Wildman–Crippen MR) is 57.3 cm³/mol. The van der Waals surface area contributed by atoms with Crippen LogP contribution in [-0.2, 0) is 5.54 Å². The van der Waals surface area contributed by atoms with Crippen LogP contribution in [0.2, 0.25) is 0 Å². The molecule has 1 saturated carbocycles. The molecular formula is C10H19N5. The van der Waals surface area contributed by atoms with Crippen LogP contribution >= 0.6 is 0 Å². The molecule has 84 valence electrons. The summed E-state index contributed by atoms with van der Waals surface area (Å²) < 4.78 is 0. The number of hydrogen-bond acceptors (Lipinski definition) is 4. The van der Waals surface area contributed by atoms with Crippen LogP contribution in [0.1, 0.15) is 46.4 Å². The lowest BCUT2D eigenvalue weighted by molar-refractivity contribution is 0.305. The molecule has 1 heterocycles. The monoisotopic (exact) mass is 209 g/mol. The first-order valence-corrected chi connectivity index (χ1v) is 5.30. The highest BCUT2D eigenvalue weighted by molar-refractivity contribution is 5.23. The summed E-state index contributed by atoms with van der Waals surface area (Å²) in [5.41, 5.74) is 5.98. The lowest BCUT2D eigenvalue weighted by atomic mass is 10.1. The number of tetrazole rings is 1. The standard InChI is InChI=1S/C10H19N5/c1-9(2,3)15-13-8(12-14-15)6-7(11)10(6,4)5/h6-7H,11H2,1-5H3/t6-,7+/m1/s1. The second kappa shape index (κ2) is 2.78. The van der Waals surface area contributed by atoms with Crippen molar-refractivity contribution >= 4 is 0 Å². The summed E-state index contributed by atoms with van der Waals surface area (Å²) in [5.74, 6) is 1.04. The Morgan fingerprint density at radius 3 is 2.20 bits per heavy atom. The Labute approximate surface area is 90.0 Å². The molecule has 0 aliphatic heterocycles. The minimum absolute atomic E-state index is 0.117. The normalized spacial score (nSPS) is 29.2. The fourth-order valence-electron chi connectivity index (χ4n) is 1.80. The maximum Gasteiger partial charge on any atom is 0.180 e. The summed E-state index contributed by atoms with van der Waals surface area (Å²) in [5, 5.41) is 12.6. The van der Waals surface area contributed by atoms with Gasteiger partial charge in [0, 0.05) is 12.0 Å². The van der Waals surface area contributed by atoms with Gasteiger partial charge in [0.1, 0.15) is 0 Å². The van der Waals surface area contributed by atoms with E-state index in [9.17, 15) is 0 Å². The lowest BCUT2D eigenvalue weighted by Gasteiger charge is -2.15. The van der Waals surface area contributed by atoms with E-state index in [1.807, 2.05) is 0 Å². The molecule has 2 rings (SSSR count). The number of rotatable bonds is 1. The molecule has 1 aliphatic rings. The van der Waals surface area contributed by atoms with Gasteiger partial charge in [0.15, 0.2) is 5.82 Å². The Hall–Kier alpha value is -0.970. The van der Waals surface area contributed by atoms with Crippen molar-refractivity contribution in [2.24, 2.45) is 11.1 Å². The molecule has 2 atom stereocenters. The minimum Gasteiger partial charge on any atom is -0.327 e.